The van der Waals surface area contributed by atoms with Gasteiger partial charge >= 0.3 is 11.8 Å². The fourth-order valence-corrected chi connectivity index (χ4v) is 5.85. The highest BCUT2D eigenvalue weighted by molar-refractivity contribution is 5.76. The van der Waals surface area contributed by atoms with Crippen molar-refractivity contribution in [1.29, 1.82) is 0 Å². The van der Waals surface area contributed by atoms with Gasteiger partial charge in [0.2, 0.25) is 0 Å². The van der Waals surface area contributed by atoms with Gasteiger partial charge in [0, 0.05) is 30.4 Å². The highest BCUT2D eigenvalue weighted by atomic mass is 16.6. The van der Waals surface area contributed by atoms with Crippen LogP contribution >= 0.6 is 0 Å². The number of benzene rings is 2. The van der Waals surface area contributed by atoms with Gasteiger partial charge in [0.05, 0.1) is 26.0 Å². The number of methoxy groups -OCH3 is 2. The van der Waals surface area contributed by atoms with Crippen molar-refractivity contribution in [2.75, 3.05) is 25.7 Å². The van der Waals surface area contributed by atoms with E-state index in [9.17, 15) is 9.59 Å². The number of nitrogens with zero attached hydrogens (tertiary/aromatic N) is 3. The van der Waals surface area contributed by atoms with Gasteiger partial charge in [-0.25, -0.2) is 9.59 Å². The second-order valence-electron chi connectivity index (χ2n) is 13.3. The van der Waals surface area contributed by atoms with E-state index < -0.39 is 11.7 Å². The number of aromatic nitrogens is 2. The molecule has 1 aliphatic rings. The monoisotopic (exact) mass is 604 g/mol. The first-order valence-electron chi connectivity index (χ1n) is 15.4. The van der Waals surface area contributed by atoms with Gasteiger partial charge in [-0.15, -0.1) is 0 Å². The van der Waals surface area contributed by atoms with Gasteiger partial charge in [-0.1, -0.05) is 45.4 Å². The quantitative estimate of drug-likeness (QED) is 0.279. The van der Waals surface area contributed by atoms with E-state index >= 15 is 0 Å². The summed E-state index contributed by atoms with van der Waals surface area (Å²) < 4.78 is 18.4. The van der Waals surface area contributed by atoms with Crippen molar-refractivity contribution in [1.82, 2.24) is 14.9 Å². The Labute approximate surface area is 261 Å². The van der Waals surface area contributed by atoms with Crippen molar-refractivity contribution in [2.24, 2.45) is 0 Å². The van der Waals surface area contributed by atoms with Crippen molar-refractivity contribution in [3.63, 3.8) is 0 Å². The molecule has 0 radical (unpaired) electrons. The van der Waals surface area contributed by atoms with Gasteiger partial charge < -0.3 is 24.4 Å². The Hall–Kier alpha value is -4.01. The molecule has 0 bridgehead atoms. The predicted molar refractivity (Wildman–Crippen MR) is 176 cm³/mol. The zero-order valence-corrected chi connectivity index (χ0v) is 28.1. The lowest BCUT2D eigenvalue weighted by atomic mass is 9.89. The maximum absolute atomic E-state index is 13.7. The third-order valence-corrected chi connectivity index (χ3v) is 7.91. The Bertz CT molecular complexity index is 1560. The van der Waals surface area contributed by atoms with Crippen LogP contribution in [0.2, 0.25) is 0 Å². The molecule has 2 heterocycles. The van der Waals surface area contributed by atoms with Crippen molar-refractivity contribution in [3.8, 4) is 22.8 Å². The van der Waals surface area contributed by atoms with Gasteiger partial charge in [-0.05, 0) is 81.7 Å². The van der Waals surface area contributed by atoms with Crippen LogP contribution in [0.3, 0.4) is 0 Å². The minimum Gasteiger partial charge on any atom is -0.493 e. The maximum atomic E-state index is 13.7. The van der Waals surface area contributed by atoms with Crippen LogP contribution in [-0.2, 0) is 17.7 Å². The molecule has 0 spiro atoms. The zero-order chi connectivity index (χ0) is 32.5. The summed E-state index contributed by atoms with van der Waals surface area (Å²) in [5.74, 6) is 2.18. The fraction of sp³-hybridized carbons (Fsp3) is 0.514. The molecule has 1 N–H and O–H groups in total. The summed E-state index contributed by atoms with van der Waals surface area (Å²) in [6.45, 7) is 19.2. The Kier molecular flexibility index (Phi) is 9.66. The number of ether oxygens (including phenoxy) is 3. The lowest BCUT2D eigenvalue weighted by molar-refractivity contribution is 0.0525. The molecule has 1 unspecified atom stereocenters. The third-order valence-electron chi connectivity index (χ3n) is 7.91. The smallest absolute Gasteiger partial charge is 0.407 e. The predicted octanol–water partition coefficient (Wildman–Crippen LogP) is 7.09. The lowest BCUT2D eigenvalue weighted by Crippen LogP contribution is -2.43. The highest BCUT2D eigenvalue weighted by Crippen LogP contribution is 2.43. The van der Waals surface area contributed by atoms with Crippen LogP contribution in [0.15, 0.2) is 35.1 Å². The number of nitrogens with one attached hydrogen (secondary N) is 1. The standard InChI is InChI=1S/C35H48N4O5/c1-20(2)25-14-22(5)15-26(21(3)4)32(25)39(23(6)19-36-34(41)44-35(7,8)9)31-18-28-27-17-30(43-11)29(42-10)16-24(27)12-13-38(28)33(40)37-31/h14-18,20-21,23H,12-13,19H2,1-11H3,(H,36,41). The van der Waals surface area contributed by atoms with Crippen LogP contribution in [0.25, 0.3) is 11.3 Å². The van der Waals surface area contributed by atoms with E-state index in [1.165, 1.54) is 5.56 Å². The van der Waals surface area contributed by atoms with E-state index in [-0.39, 0.29) is 30.1 Å². The second kappa shape index (κ2) is 12.9. The number of rotatable bonds is 9. The van der Waals surface area contributed by atoms with E-state index in [0.29, 0.717) is 30.3 Å². The minimum absolute atomic E-state index is 0.201. The first-order chi connectivity index (χ1) is 20.6. The molecular formula is C35H48N4O5. The van der Waals surface area contributed by atoms with E-state index in [4.69, 9.17) is 14.2 Å². The molecule has 9 nitrogen and oxygen atoms in total. The Morgan fingerprint density at radius 1 is 0.977 bits per heavy atom. The number of fused-ring (bicyclic) bond motifs is 3. The first kappa shape index (κ1) is 32.9. The molecule has 0 fully saturated rings. The molecule has 0 saturated carbocycles. The van der Waals surface area contributed by atoms with Crippen LogP contribution < -0.4 is 25.4 Å². The Morgan fingerprint density at radius 3 is 2.11 bits per heavy atom. The minimum atomic E-state index is -0.620. The molecule has 9 heteroatoms. The fourth-order valence-electron chi connectivity index (χ4n) is 5.85. The number of aryl methyl sites for hydroxylation is 2. The van der Waals surface area contributed by atoms with Gasteiger partial charge in [0.1, 0.15) is 11.4 Å². The van der Waals surface area contributed by atoms with Gasteiger partial charge in [-0.3, -0.25) is 4.57 Å². The van der Waals surface area contributed by atoms with Gasteiger partial charge in [-0.2, -0.15) is 4.98 Å². The largest absolute Gasteiger partial charge is 0.493 e. The highest BCUT2D eigenvalue weighted by Gasteiger charge is 2.30. The van der Waals surface area contributed by atoms with Gasteiger partial charge in [0.25, 0.3) is 0 Å². The molecule has 3 aromatic rings. The summed E-state index contributed by atoms with van der Waals surface area (Å²) in [6, 6.07) is 10.1. The van der Waals surface area contributed by atoms with Crippen molar-refractivity contribution in [3.05, 3.63) is 63.1 Å². The molecule has 2 aromatic carbocycles. The summed E-state index contributed by atoms with van der Waals surface area (Å²) in [7, 11) is 3.23. The Balaban J connectivity index is 1.95. The molecule has 238 valence electrons. The van der Waals surface area contributed by atoms with Gasteiger partial charge in [0.15, 0.2) is 11.5 Å². The van der Waals surface area contributed by atoms with Crippen LogP contribution in [0.1, 0.15) is 89.5 Å². The van der Waals surface area contributed by atoms with Crippen LogP contribution in [0.4, 0.5) is 16.3 Å². The molecule has 44 heavy (non-hydrogen) atoms. The molecule has 0 saturated heterocycles. The molecule has 1 aromatic heterocycles. The number of anilines is 2. The summed E-state index contributed by atoms with van der Waals surface area (Å²) >= 11 is 0. The molecule has 4 rings (SSSR count). The third kappa shape index (κ3) is 6.87. The number of alkyl carbamates (subject to hydrolysis) is 1. The van der Waals surface area contributed by atoms with Crippen molar-refractivity contribution in [2.45, 2.75) is 98.8 Å². The molecule has 0 aliphatic carbocycles. The zero-order valence-electron chi connectivity index (χ0n) is 28.1. The van der Waals surface area contributed by atoms with E-state index in [1.54, 1.807) is 18.8 Å². The number of hydrogen-bond donors (Lipinski definition) is 1. The second-order valence-corrected chi connectivity index (χ2v) is 13.3. The SMILES string of the molecule is COc1cc2c(cc1OC)-c1cc(N(c3c(C(C)C)cc(C)cc3C(C)C)C(C)CNC(=O)OC(C)(C)C)nc(=O)n1CC2. The number of hydrogen-bond acceptors (Lipinski definition) is 7. The lowest BCUT2D eigenvalue weighted by Gasteiger charge is -2.36. The molecule has 1 atom stereocenters. The van der Waals surface area contributed by atoms with E-state index in [0.717, 1.165) is 33.6 Å². The van der Waals surface area contributed by atoms with E-state index in [2.05, 4.69) is 62.0 Å². The normalized spacial score (nSPS) is 13.3. The topological polar surface area (TPSA) is 94.9 Å². The van der Waals surface area contributed by atoms with E-state index in [1.807, 2.05) is 45.9 Å². The van der Waals surface area contributed by atoms with Crippen LogP contribution in [-0.4, -0.2) is 48.1 Å². The Morgan fingerprint density at radius 2 is 1.57 bits per heavy atom. The maximum Gasteiger partial charge on any atom is 0.407 e. The summed E-state index contributed by atoms with van der Waals surface area (Å²) in [6.07, 6.45) is 0.186. The number of carbonyl (C=O) groups is 1. The summed E-state index contributed by atoms with van der Waals surface area (Å²) in [4.78, 5) is 33.2. The summed E-state index contributed by atoms with van der Waals surface area (Å²) in [5, 5.41) is 2.94. The molecule has 1 aliphatic heterocycles. The van der Waals surface area contributed by atoms with Crippen LogP contribution in [0.5, 0.6) is 11.5 Å². The average Bonchev–Trinajstić information content (AvgIpc) is 2.94. The molecular weight excluding hydrogens is 556 g/mol. The van der Waals surface area contributed by atoms with Crippen molar-refractivity contribution >= 4 is 17.6 Å². The van der Waals surface area contributed by atoms with Crippen LogP contribution in [0, 0.1) is 6.92 Å². The summed E-state index contributed by atoms with van der Waals surface area (Å²) in [5.41, 5.74) is 6.31. The number of amides is 1. The first-order valence-corrected chi connectivity index (χ1v) is 15.4. The van der Waals surface area contributed by atoms with Crippen molar-refractivity contribution < 1.29 is 19.0 Å². The average molecular weight is 605 g/mol. The number of carbonyl (C=O) groups excluding carboxylic acids is 1. The molecule has 1 amide bonds.